The molecule has 0 aliphatic rings. The fraction of sp³-hybridized carbons (Fsp3) is 0.278. The van der Waals surface area contributed by atoms with E-state index in [2.05, 4.69) is 26.2 Å². The van der Waals surface area contributed by atoms with Crippen molar-refractivity contribution in [3.05, 3.63) is 59.1 Å². The molecule has 0 aliphatic heterocycles. The summed E-state index contributed by atoms with van der Waals surface area (Å²) in [6.07, 6.45) is 0. The fourth-order valence-corrected chi connectivity index (χ4v) is 3.46. The van der Waals surface area contributed by atoms with Crippen molar-refractivity contribution in [3.8, 4) is 5.75 Å². The Kier molecular flexibility index (Phi) is 6.28. The zero-order valence-electron chi connectivity index (χ0n) is 14.7. The van der Waals surface area contributed by atoms with Gasteiger partial charge >= 0.3 is 0 Å². The Labute approximate surface area is 158 Å². The highest BCUT2D eigenvalue weighted by Crippen LogP contribution is 2.24. The van der Waals surface area contributed by atoms with Crippen molar-refractivity contribution in [3.63, 3.8) is 0 Å². The lowest BCUT2D eigenvalue weighted by Gasteiger charge is -2.19. The van der Waals surface area contributed by atoms with Crippen LogP contribution in [-0.4, -0.2) is 20.9 Å². The zero-order chi connectivity index (χ0) is 19.4. The van der Waals surface area contributed by atoms with E-state index in [0.717, 1.165) is 5.56 Å². The molecule has 0 saturated heterocycles. The van der Waals surface area contributed by atoms with Crippen LogP contribution < -0.4 is 15.0 Å². The molecule has 2 N–H and O–H groups in total. The molecule has 0 aromatic heterocycles. The van der Waals surface area contributed by atoms with Gasteiger partial charge in [-0.15, -0.1) is 4.83 Å². The third-order valence-corrected chi connectivity index (χ3v) is 5.29. The van der Waals surface area contributed by atoms with E-state index in [1.165, 1.54) is 18.2 Å². The molecule has 0 atom stereocenters. The van der Waals surface area contributed by atoms with Crippen LogP contribution in [0.5, 0.6) is 5.75 Å². The molecule has 0 unspecified atom stereocenters. The summed E-state index contributed by atoms with van der Waals surface area (Å²) in [4.78, 5) is 13.7. The molecule has 0 bridgehead atoms. The Bertz CT molecular complexity index is 875. The molecule has 1 amide bonds. The van der Waals surface area contributed by atoms with E-state index in [9.17, 15) is 13.2 Å². The molecule has 0 saturated carbocycles. The van der Waals surface area contributed by atoms with Gasteiger partial charge in [0.2, 0.25) is 0 Å². The molecule has 0 heterocycles. The minimum atomic E-state index is -3.96. The van der Waals surface area contributed by atoms with Crippen molar-refractivity contribution >= 4 is 27.5 Å². The van der Waals surface area contributed by atoms with E-state index < -0.39 is 15.9 Å². The van der Waals surface area contributed by atoms with E-state index in [4.69, 9.17) is 16.3 Å². The number of carbonyl (C=O) groups is 1. The molecule has 26 heavy (non-hydrogen) atoms. The highest BCUT2D eigenvalue weighted by atomic mass is 35.5. The predicted octanol–water partition coefficient (Wildman–Crippen LogP) is 3.03. The third kappa shape index (κ3) is 5.45. The molecule has 0 spiro atoms. The highest BCUT2D eigenvalue weighted by molar-refractivity contribution is 7.89. The van der Waals surface area contributed by atoms with E-state index in [-0.39, 0.29) is 21.9 Å². The molecular weight excluding hydrogens is 376 g/mol. The number of hydrogen-bond donors (Lipinski definition) is 2. The second kappa shape index (κ2) is 8.07. The molecular formula is C18H21ClN2O4S. The van der Waals surface area contributed by atoms with Crippen molar-refractivity contribution in [2.24, 2.45) is 0 Å². The van der Waals surface area contributed by atoms with Crippen LogP contribution in [0, 0.1) is 0 Å². The summed E-state index contributed by atoms with van der Waals surface area (Å²) in [5, 5.41) is 0.0597. The van der Waals surface area contributed by atoms with Crippen LogP contribution in [0.2, 0.25) is 5.02 Å². The molecule has 140 valence electrons. The summed E-state index contributed by atoms with van der Waals surface area (Å²) in [7, 11) is -3.96. The second-order valence-corrected chi connectivity index (χ2v) is 8.71. The number of amides is 1. The van der Waals surface area contributed by atoms with E-state index >= 15 is 0 Å². The first-order valence-electron chi connectivity index (χ1n) is 7.88. The number of halogens is 1. The number of nitrogens with one attached hydrogen (secondary N) is 2. The summed E-state index contributed by atoms with van der Waals surface area (Å²) in [5.41, 5.74) is 3.26. The summed E-state index contributed by atoms with van der Waals surface area (Å²) in [6, 6.07) is 13.3. The van der Waals surface area contributed by atoms with Gasteiger partial charge in [0.25, 0.3) is 15.9 Å². The van der Waals surface area contributed by atoms with Crippen LogP contribution in [0.3, 0.4) is 0 Å². The van der Waals surface area contributed by atoms with Crippen molar-refractivity contribution in [2.75, 3.05) is 6.61 Å². The molecule has 2 aromatic rings. The second-order valence-electron chi connectivity index (χ2n) is 6.65. The van der Waals surface area contributed by atoms with Gasteiger partial charge in [0.1, 0.15) is 10.6 Å². The molecule has 8 heteroatoms. The van der Waals surface area contributed by atoms with Gasteiger partial charge in [-0.05, 0) is 35.2 Å². The molecule has 2 aromatic carbocycles. The van der Waals surface area contributed by atoms with Crippen LogP contribution in [0.4, 0.5) is 0 Å². The molecule has 0 fully saturated rings. The summed E-state index contributed by atoms with van der Waals surface area (Å²) >= 11 is 5.85. The maximum Gasteiger partial charge on any atom is 0.272 e. The number of carbonyl (C=O) groups excluding carboxylic acids is 1. The van der Waals surface area contributed by atoms with Gasteiger partial charge in [-0.2, -0.15) is 0 Å². The average Bonchev–Trinajstić information content (AvgIpc) is 2.58. The van der Waals surface area contributed by atoms with E-state index in [1.807, 2.05) is 17.0 Å². The van der Waals surface area contributed by atoms with Crippen LogP contribution in [0.25, 0.3) is 0 Å². The number of ether oxygens (including phenoxy) is 1. The smallest absolute Gasteiger partial charge is 0.272 e. The van der Waals surface area contributed by atoms with Crippen molar-refractivity contribution in [1.82, 2.24) is 10.3 Å². The highest BCUT2D eigenvalue weighted by Gasteiger charge is 2.18. The van der Waals surface area contributed by atoms with Gasteiger partial charge in [0.05, 0.1) is 5.02 Å². The van der Waals surface area contributed by atoms with Crippen molar-refractivity contribution < 1.29 is 17.9 Å². The number of sulfonamides is 1. The fourth-order valence-electron chi connectivity index (χ4n) is 2.08. The summed E-state index contributed by atoms with van der Waals surface area (Å²) in [6.45, 7) is 5.96. The first-order valence-corrected chi connectivity index (χ1v) is 9.74. The van der Waals surface area contributed by atoms with Crippen molar-refractivity contribution in [2.45, 2.75) is 31.1 Å². The molecule has 6 nitrogen and oxygen atoms in total. The lowest BCUT2D eigenvalue weighted by molar-refractivity contribution is -0.123. The number of benzene rings is 2. The van der Waals surface area contributed by atoms with Crippen LogP contribution in [0.15, 0.2) is 53.4 Å². The maximum absolute atomic E-state index is 12.1. The Morgan fingerprint density at radius 2 is 1.69 bits per heavy atom. The Morgan fingerprint density at radius 1 is 1.08 bits per heavy atom. The third-order valence-electron chi connectivity index (χ3n) is 3.54. The van der Waals surface area contributed by atoms with Gasteiger partial charge in [-0.25, -0.2) is 8.42 Å². The van der Waals surface area contributed by atoms with Gasteiger partial charge in [-0.1, -0.05) is 56.6 Å². The monoisotopic (exact) mass is 396 g/mol. The Morgan fingerprint density at radius 3 is 2.27 bits per heavy atom. The summed E-state index contributed by atoms with van der Waals surface area (Å²) < 4.78 is 29.6. The lowest BCUT2D eigenvalue weighted by Crippen LogP contribution is -2.43. The van der Waals surface area contributed by atoms with Crippen LogP contribution in [-0.2, 0) is 20.2 Å². The van der Waals surface area contributed by atoms with Crippen molar-refractivity contribution in [1.29, 1.82) is 0 Å². The number of hydrazine groups is 1. The van der Waals surface area contributed by atoms with Gasteiger partial charge in [-0.3, -0.25) is 10.2 Å². The zero-order valence-corrected chi connectivity index (χ0v) is 16.3. The van der Waals surface area contributed by atoms with Gasteiger partial charge in [0.15, 0.2) is 6.61 Å². The normalized spacial score (nSPS) is 11.8. The predicted molar refractivity (Wildman–Crippen MR) is 101 cm³/mol. The standard InChI is InChI=1S/C18H21ClN2O4S/c1-18(2,3)13-8-10-14(11-9-13)25-12-17(22)20-21-26(23,24)16-7-5-4-6-15(16)19/h4-11,21H,12H2,1-3H3,(H,20,22). The maximum atomic E-state index is 12.1. The lowest BCUT2D eigenvalue weighted by atomic mass is 9.87. The Balaban J connectivity index is 1.88. The molecule has 0 radical (unpaired) electrons. The van der Waals surface area contributed by atoms with Gasteiger partial charge < -0.3 is 4.74 Å². The molecule has 2 rings (SSSR count). The number of rotatable bonds is 6. The summed E-state index contributed by atoms with van der Waals surface area (Å²) in [5.74, 6) is -0.123. The first kappa shape index (κ1) is 20.2. The minimum absolute atomic E-state index is 0.0207. The van der Waals surface area contributed by atoms with E-state index in [0.29, 0.717) is 5.75 Å². The number of hydrogen-bond acceptors (Lipinski definition) is 4. The first-order chi connectivity index (χ1) is 12.1. The molecule has 0 aliphatic carbocycles. The van der Waals surface area contributed by atoms with Crippen LogP contribution in [0.1, 0.15) is 26.3 Å². The minimum Gasteiger partial charge on any atom is -0.484 e. The quantitative estimate of drug-likeness (QED) is 0.735. The largest absolute Gasteiger partial charge is 0.484 e. The Hall–Kier alpha value is -2.09. The average molecular weight is 397 g/mol. The topological polar surface area (TPSA) is 84.5 Å². The van der Waals surface area contributed by atoms with Gasteiger partial charge in [0, 0.05) is 0 Å². The van der Waals surface area contributed by atoms with E-state index in [1.54, 1.807) is 18.2 Å². The van der Waals surface area contributed by atoms with Crippen LogP contribution >= 0.6 is 11.6 Å². The SMILES string of the molecule is CC(C)(C)c1ccc(OCC(=O)NNS(=O)(=O)c2ccccc2Cl)cc1.